The van der Waals surface area contributed by atoms with E-state index in [0.717, 1.165) is 22.3 Å². The average molecular weight is 449 g/mol. The summed E-state index contributed by atoms with van der Waals surface area (Å²) in [7, 11) is 0.493. The van der Waals surface area contributed by atoms with Crippen molar-refractivity contribution in [1.82, 2.24) is 0 Å². The zero-order valence-corrected chi connectivity index (χ0v) is 19.7. The highest BCUT2D eigenvalue weighted by molar-refractivity contribution is 6.41. The van der Waals surface area contributed by atoms with E-state index in [0.29, 0.717) is 0 Å². The molecule has 4 rings (SSSR count). The van der Waals surface area contributed by atoms with E-state index < -0.39 is 0 Å². The molecule has 0 spiro atoms. The Labute approximate surface area is 195 Å². The fourth-order valence-corrected chi connectivity index (χ4v) is 4.97. The first-order valence-corrected chi connectivity index (χ1v) is 12.6. The molecule has 4 aromatic carbocycles. The van der Waals surface area contributed by atoms with Crippen molar-refractivity contribution >= 4 is 19.5 Å². The third-order valence-corrected chi connectivity index (χ3v) is 6.68. The van der Waals surface area contributed by atoms with Gasteiger partial charge in [0.15, 0.2) is 0 Å². The molecule has 0 aliphatic heterocycles. The lowest BCUT2D eigenvalue weighted by molar-refractivity contribution is 0.264. The van der Waals surface area contributed by atoms with Crippen molar-refractivity contribution in [3.8, 4) is 0 Å². The zero-order chi connectivity index (χ0) is 21.8. The first-order valence-electron chi connectivity index (χ1n) is 10.6. The molecular formula is C28H24O2Si2. The van der Waals surface area contributed by atoms with E-state index in [1.54, 1.807) is 0 Å². The fraction of sp³-hybridized carbons (Fsp3) is 0.0714. The molecule has 0 amide bonds. The van der Waals surface area contributed by atoms with Gasteiger partial charge in [-0.3, -0.25) is 0 Å². The van der Waals surface area contributed by atoms with Crippen LogP contribution in [0, 0.1) is 0 Å². The average Bonchev–Trinajstić information content (AvgIpc) is 2.88. The topological polar surface area (TPSA) is 18.5 Å². The van der Waals surface area contributed by atoms with Gasteiger partial charge in [-0.2, -0.15) is 0 Å². The summed E-state index contributed by atoms with van der Waals surface area (Å²) < 4.78 is 12.6. The molecule has 0 saturated heterocycles. The van der Waals surface area contributed by atoms with Gasteiger partial charge in [0.05, 0.1) is 12.2 Å². The Morgan fingerprint density at radius 2 is 0.656 bits per heavy atom. The number of rotatable bonds is 10. The van der Waals surface area contributed by atoms with Crippen LogP contribution < -0.4 is 0 Å². The van der Waals surface area contributed by atoms with Gasteiger partial charge < -0.3 is 8.85 Å². The summed E-state index contributed by atoms with van der Waals surface area (Å²) >= 11 is 0. The molecule has 4 aromatic rings. The van der Waals surface area contributed by atoms with Crippen LogP contribution in [0.3, 0.4) is 0 Å². The molecule has 0 atom stereocenters. The minimum Gasteiger partial charge on any atom is -0.401 e. The summed E-state index contributed by atoms with van der Waals surface area (Å²) in [5.41, 5.74) is 8.78. The summed E-state index contributed by atoms with van der Waals surface area (Å²) in [6.45, 7) is 0. The highest BCUT2D eigenvalue weighted by atomic mass is 28.2. The van der Waals surface area contributed by atoms with Gasteiger partial charge in [-0.1, -0.05) is 133 Å². The molecule has 2 nitrogen and oxygen atoms in total. The highest BCUT2D eigenvalue weighted by Crippen LogP contribution is 2.26. The van der Waals surface area contributed by atoms with Crippen molar-refractivity contribution in [3.05, 3.63) is 155 Å². The van der Waals surface area contributed by atoms with E-state index in [-0.39, 0.29) is 31.7 Å². The maximum atomic E-state index is 6.28. The van der Waals surface area contributed by atoms with Crippen molar-refractivity contribution in [2.45, 2.75) is 12.2 Å². The van der Waals surface area contributed by atoms with E-state index >= 15 is 0 Å². The summed E-state index contributed by atoms with van der Waals surface area (Å²) in [5.74, 6) is 0. The molecule has 0 fully saturated rings. The van der Waals surface area contributed by atoms with Crippen LogP contribution in [0.15, 0.2) is 133 Å². The van der Waals surface area contributed by atoms with Crippen molar-refractivity contribution in [2.24, 2.45) is 0 Å². The Bertz CT molecular complexity index is 903. The molecule has 0 unspecified atom stereocenters. The normalized spacial score (nSPS) is 11.4. The molecule has 4 heteroatoms. The molecular weight excluding hydrogens is 424 g/mol. The largest absolute Gasteiger partial charge is 0.401 e. The second kappa shape index (κ2) is 12.1. The van der Waals surface area contributed by atoms with Crippen LogP contribution in [0.1, 0.15) is 34.5 Å². The van der Waals surface area contributed by atoms with E-state index in [1.165, 1.54) is 0 Å². The molecule has 0 aliphatic carbocycles. The van der Waals surface area contributed by atoms with E-state index in [4.69, 9.17) is 8.85 Å². The van der Waals surface area contributed by atoms with Crippen LogP contribution >= 0.6 is 0 Å². The second-order valence-corrected chi connectivity index (χ2v) is 8.82. The first-order chi connectivity index (χ1) is 15.9. The first kappa shape index (κ1) is 22.2. The monoisotopic (exact) mass is 448 g/mol. The van der Waals surface area contributed by atoms with E-state index in [1.807, 2.05) is 24.3 Å². The zero-order valence-electron chi connectivity index (χ0n) is 17.7. The lowest BCUT2D eigenvalue weighted by Gasteiger charge is -2.18. The standard InChI is InChI=1S/C28H24O2Si2/c1-5-13-23(14-6-1)27(24-15-7-2-8-16-24)29-31-21-22-32-30-28(25-17-9-3-10-18-25)26-19-11-4-12-20-26/h1-22,27-28H. The molecule has 0 aliphatic rings. The molecule has 4 radical (unpaired) electrons. The van der Waals surface area contributed by atoms with Crippen LogP contribution in [0.25, 0.3) is 0 Å². The van der Waals surface area contributed by atoms with Crippen LogP contribution in [0.4, 0.5) is 0 Å². The minimum absolute atomic E-state index is 0.0778. The minimum atomic E-state index is -0.0778. The summed E-state index contributed by atoms with van der Waals surface area (Å²) in [6, 6.07) is 41.4. The van der Waals surface area contributed by atoms with Crippen molar-refractivity contribution in [1.29, 1.82) is 0 Å². The van der Waals surface area contributed by atoms with Crippen molar-refractivity contribution in [2.75, 3.05) is 0 Å². The smallest absolute Gasteiger partial charge is 0.261 e. The van der Waals surface area contributed by atoms with E-state index in [2.05, 4.69) is 108 Å². The van der Waals surface area contributed by atoms with Gasteiger partial charge in [-0.05, 0) is 22.3 Å². The SMILES string of the molecule is C(=C[Si]OC(c1ccccc1)c1ccccc1)[Si]OC(c1ccccc1)c1ccccc1. The second-order valence-electron chi connectivity index (χ2n) is 7.21. The maximum Gasteiger partial charge on any atom is 0.261 e. The summed E-state index contributed by atoms with van der Waals surface area (Å²) in [4.78, 5) is 0. The van der Waals surface area contributed by atoms with Crippen LogP contribution in [0.5, 0.6) is 0 Å². The predicted octanol–water partition coefficient (Wildman–Crippen LogP) is 6.31. The van der Waals surface area contributed by atoms with Crippen molar-refractivity contribution in [3.63, 3.8) is 0 Å². The van der Waals surface area contributed by atoms with Crippen LogP contribution in [0.2, 0.25) is 0 Å². The quantitative estimate of drug-likeness (QED) is 0.265. The molecule has 0 saturated carbocycles. The van der Waals surface area contributed by atoms with Crippen LogP contribution in [-0.2, 0) is 8.85 Å². The van der Waals surface area contributed by atoms with Gasteiger partial charge in [-0.15, -0.1) is 0 Å². The number of benzene rings is 4. The third kappa shape index (κ3) is 6.25. The third-order valence-electron chi connectivity index (χ3n) is 5.00. The van der Waals surface area contributed by atoms with Gasteiger partial charge in [0.25, 0.3) is 19.5 Å². The molecule has 0 heterocycles. The molecule has 156 valence electrons. The Morgan fingerprint density at radius 1 is 0.406 bits per heavy atom. The summed E-state index contributed by atoms with van der Waals surface area (Å²) in [5, 5.41) is 0. The Balaban J connectivity index is 1.37. The molecule has 0 bridgehead atoms. The summed E-state index contributed by atoms with van der Waals surface area (Å²) in [6.07, 6.45) is -0.156. The van der Waals surface area contributed by atoms with Crippen molar-refractivity contribution < 1.29 is 8.85 Å². The van der Waals surface area contributed by atoms with Gasteiger partial charge in [0, 0.05) is 0 Å². The number of hydrogen-bond acceptors (Lipinski definition) is 2. The molecule has 0 N–H and O–H groups in total. The molecule has 0 aromatic heterocycles. The lowest BCUT2D eigenvalue weighted by atomic mass is 10.0. The predicted molar refractivity (Wildman–Crippen MR) is 132 cm³/mol. The van der Waals surface area contributed by atoms with Gasteiger partial charge in [-0.25, -0.2) is 0 Å². The Morgan fingerprint density at radius 3 is 0.906 bits per heavy atom. The lowest BCUT2D eigenvalue weighted by Crippen LogP contribution is -2.10. The van der Waals surface area contributed by atoms with Crippen LogP contribution in [-0.4, -0.2) is 19.5 Å². The van der Waals surface area contributed by atoms with Gasteiger partial charge in [0.2, 0.25) is 0 Å². The fourth-order valence-electron chi connectivity index (χ4n) is 3.45. The Hall–Kier alpha value is -3.03. The van der Waals surface area contributed by atoms with Gasteiger partial charge in [0.1, 0.15) is 0 Å². The van der Waals surface area contributed by atoms with Gasteiger partial charge >= 0.3 is 0 Å². The maximum absolute atomic E-state index is 6.28. The number of hydrogen-bond donors (Lipinski definition) is 0. The Kier molecular flexibility index (Phi) is 8.40. The van der Waals surface area contributed by atoms with E-state index in [9.17, 15) is 0 Å². The highest BCUT2D eigenvalue weighted by Gasteiger charge is 2.15. The molecule has 32 heavy (non-hydrogen) atoms.